The van der Waals surface area contributed by atoms with Gasteiger partial charge in [0.15, 0.2) is 0 Å². The molecular weight excluding hydrogens is 242 g/mol. The molecule has 2 rings (SSSR count). The molecule has 0 amide bonds. The number of thiophene rings is 1. The molecule has 98 valence electrons. The van der Waals surface area contributed by atoms with Gasteiger partial charge in [0.1, 0.15) is 5.60 Å². The molecule has 1 heterocycles. The molecule has 1 aromatic heterocycles. The van der Waals surface area contributed by atoms with Crippen LogP contribution in [0.5, 0.6) is 0 Å². The van der Waals surface area contributed by atoms with Crippen molar-refractivity contribution in [3.05, 3.63) is 22.4 Å². The van der Waals surface area contributed by atoms with E-state index in [9.17, 15) is 10.4 Å². The van der Waals surface area contributed by atoms with E-state index in [-0.39, 0.29) is 0 Å². The van der Waals surface area contributed by atoms with E-state index in [0.29, 0.717) is 5.41 Å². The Bertz CT molecular complexity index is 443. The molecule has 1 aliphatic carbocycles. The lowest BCUT2D eigenvalue weighted by atomic mass is 9.59. The smallest absolute Gasteiger partial charge is 0.114 e. The van der Waals surface area contributed by atoms with Gasteiger partial charge in [-0.15, -0.1) is 11.3 Å². The Morgan fingerprint density at radius 2 is 1.94 bits per heavy atom. The minimum atomic E-state index is -1.04. The Morgan fingerprint density at radius 3 is 2.39 bits per heavy atom. The molecule has 0 bridgehead atoms. The Balaban J connectivity index is 2.32. The van der Waals surface area contributed by atoms with Crippen LogP contribution in [-0.4, -0.2) is 5.11 Å². The molecule has 1 aliphatic rings. The molecule has 18 heavy (non-hydrogen) atoms. The Morgan fingerprint density at radius 1 is 1.33 bits per heavy atom. The number of rotatable bonds is 2. The first-order valence-electron chi connectivity index (χ1n) is 6.51. The number of nitrogens with zero attached hydrogens (tertiary/aromatic N) is 1. The molecule has 1 fully saturated rings. The van der Waals surface area contributed by atoms with Crippen LogP contribution >= 0.6 is 11.3 Å². The summed E-state index contributed by atoms with van der Waals surface area (Å²) < 4.78 is 0. The summed E-state index contributed by atoms with van der Waals surface area (Å²) in [6.45, 7) is 6.29. The molecule has 3 heteroatoms. The van der Waals surface area contributed by atoms with Crippen molar-refractivity contribution in [1.82, 2.24) is 0 Å². The van der Waals surface area contributed by atoms with Gasteiger partial charge >= 0.3 is 0 Å². The fourth-order valence-corrected chi connectivity index (χ4v) is 3.74. The van der Waals surface area contributed by atoms with Crippen molar-refractivity contribution in [2.24, 2.45) is 10.8 Å². The SMILES string of the molecule is CC1(C)CCC(C#N)(C(C)(O)c2cccs2)CC1. The first kappa shape index (κ1) is 13.6. The monoisotopic (exact) mass is 263 g/mol. The van der Waals surface area contributed by atoms with E-state index in [1.54, 1.807) is 6.92 Å². The van der Waals surface area contributed by atoms with Crippen LogP contribution in [0.25, 0.3) is 0 Å². The van der Waals surface area contributed by atoms with Crippen molar-refractivity contribution in [3.8, 4) is 6.07 Å². The number of nitriles is 1. The third-order valence-electron chi connectivity index (χ3n) is 4.60. The molecule has 1 atom stereocenters. The van der Waals surface area contributed by atoms with E-state index in [0.717, 1.165) is 30.6 Å². The predicted molar refractivity (Wildman–Crippen MR) is 74.2 cm³/mol. The van der Waals surface area contributed by atoms with E-state index in [2.05, 4.69) is 19.9 Å². The third-order valence-corrected chi connectivity index (χ3v) is 5.68. The number of hydrogen-bond donors (Lipinski definition) is 1. The van der Waals surface area contributed by atoms with Crippen molar-refractivity contribution < 1.29 is 5.11 Å². The fourth-order valence-electron chi connectivity index (χ4n) is 2.85. The minimum absolute atomic E-state index is 0.297. The van der Waals surface area contributed by atoms with Crippen molar-refractivity contribution in [1.29, 1.82) is 5.26 Å². The highest BCUT2D eigenvalue weighted by molar-refractivity contribution is 7.10. The van der Waals surface area contributed by atoms with Crippen molar-refractivity contribution in [3.63, 3.8) is 0 Å². The van der Waals surface area contributed by atoms with Crippen LogP contribution in [0.3, 0.4) is 0 Å². The van der Waals surface area contributed by atoms with Crippen LogP contribution in [0, 0.1) is 22.2 Å². The summed E-state index contributed by atoms with van der Waals surface area (Å²) >= 11 is 1.54. The van der Waals surface area contributed by atoms with Crippen LogP contribution in [0.15, 0.2) is 17.5 Å². The zero-order valence-corrected chi connectivity index (χ0v) is 12.2. The highest BCUT2D eigenvalue weighted by Crippen LogP contribution is 2.54. The number of hydrogen-bond acceptors (Lipinski definition) is 3. The molecule has 1 unspecified atom stereocenters. The quantitative estimate of drug-likeness (QED) is 0.874. The second kappa shape index (κ2) is 4.36. The Kier molecular flexibility index (Phi) is 3.29. The van der Waals surface area contributed by atoms with E-state index in [1.807, 2.05) is 17.5 Å². The highest BCUT2D eigenvalue weighted by Gasteiger charge is 2.52. The molecule has 1 saturated carbocycles. The van der Waals surface area contributed by atoms with Crippen LogP contribution < -0.4 is 0 Å². The fraction of sp³-hybridized carbons (Fsp3) is 0.667. The molecule has 0 radical (unpaired) electrons. The van der Waals surface area contributed by atoms with Gasteiger partial charge in [0.05, 0.1) is 11.5 Å². The van der Waals surface area contributed by atoms with Gasteiger partial charge < -0.3 is 5.11 Å². The molecule has 0 aromatic carbocycles. The van der Waals surface area contributed by atoms with Crippen LogP contribution in [-0.2, 0) is 5.60 Å². The molecule has 0 saturated heterocycles. The van der Waals surface area contributed by atoms with Crippen LogP contribution in [0.4, 0.5) is 0 Å². The Hall–Kier alpha value is -0.850. The summed E-state index contributed by atoms with van der Waals surface area (Å²) in [5.74, 6) is 0. The maximum Gasteiger partial charge on any atom is 0.114 e. The molecule has 2 nitrogen and oxygen atoms in total. The standard InChI is InChI=1S/C15H21NOS/c1-13(2)6-8-15(11-16,9-7-13)14(3,17)12-5-4-10-18-12/h4-5,10,17H,6-9H2,1-3H3. The summed E-state index contributed by atoms with van der Waals surface area (Å²) in [5, 5.41) is 22.5. The normalized spacial score (nSPS) is 25.1. The van der Waals surface area contributed by atoms with E-state index >= 15 is 0 Å². The third kappa shape index (κ3) is 2.08. The topological polar surface area (TPSA) is 44.0 Å². The highest BCUT2D eigenvalue weighted by atomic mass is 32.1. The van der Waals surface area contributed by atoms with E-state index in [1.165, 1.54) is 11.3 Å². The molecule has 0 aliphatic heterocycles. The predicted octanol–water partition coefficient (Wildman–Crippen LogP) is 4.07. The summed E-state index contributed by atoms with van der Waals surface area (Å²) in [6.07, 6.45) is 3.56. The van der Waals surface area contributed by atoms with Crippen molar-refractivity contribution in [2.45, 2.75) is 52.1 Å². The van der Waals surface area contributed by atoms with Crippen LogP contribution in [0.2, 0.25) is 0 Å². The van der Waals surface area contributed by atoms with E-state index < -0.39 is 11.0 Å². The summed E-state index contributed by atoms with van der Waals surface area (Å²) in [7, 11) is 0. The second-order valence-corrected chi connectivity index (χ2v) is 7.36. The van der Waals surface area contributed by atoms with Crippen molar-refractivity contribution in [2.75, 3.05) is 0 Å². The lowest BCUT2D eigenvalue weighted by Gasteiger charge is -2.46. The van der Waals surface area contributed by atoms with Gasteiger partial charge in [-0.05, 0) is 49.5 Å². The van der Waals surface area contributed by atoms with Gasteiger partial charge in [-0.3, -0.25) is 0 Å². The summed E-state index contributed by atoms with van der Waals surface area (Å²) in [4.78, 5) is 0.906. The molecule has 1 N–H and O–H groups in total. The maximum atomic E-state index is 10.9. The lowest BCUT2D eigenvalue weighted by molar-refractivity contribution is -0.0747. The largest absolute Gasteiger partial charge is 0.383 e. The zero-order chi connectivity index (χ0) is 13.4. The number of aliphatic hydroxyl groups is 1. The second-order valence-electron chi connectivity index (χ2n) is 6.41. The zero-order valence-electron chi connectivity index (χ0n) is 11.4. The van der Waals surface area contributed by atoms with Gasteiger partial charge in [-0.1, -0.05) is 19.9 Å². The average molecular weight is 263 g/mol. The van der Waals surface area contributed by atoms with E-state index in [4.69, 9.17) is 0 Å². The van der Waals surface area contributed by atoms with Gasteiger partial charge in [-0.2, -0.15) is 5.26 Å². The average Bonchev–Trinajstić information content (AvgIpc) is 2.83. The maximum absolute atomic E-state index is 10.9. The molecule has 0 spiro atoms. The van der Waals surface area contributed by atoms with Gasteiger partial charge in [0.25, 0.3) is 0 Å². The minimum Gasteiger partial charge on any atom is -0.383 e. The first-order valence-corrected chi connectivity index (χ1v) is 7.39. The summed E-state index contributed by atoms with van der Waals surface area (Å²) in [5.41, 5.74) is -1.37. The molecule has 1 aromatic rings. The van der Waals surface area contributed by atoms with Crippen molar-refractivity contribution >= 4 is 11.3 Å². The van der Waals surface area contributed by atoms with Gasteiger partial charge in [0.2, 0.25) is 0 Å². The van der Waals surface area contributed by atoms with Gasteiger partial charge in [-0.25, -0.2) is 0 Å². The lowest BCUT2D eigenvalue weighted by Crippen LogP contribution is -2.45. The molecular formula is C15H21NOS. The Labute approximate surface area is 113 Å². The summed E-state index contributed by atoms with van der Waals surface area (Å²) in [6, 6.07) is 6.31. The van der Waals surface area contributed by atoms with Crippen LogP contribution in [0.1, 0.15) is 51.3 Å². The first-order chi connectivity index (χ1) is 8.33. The van der Waals surface area contributed by atoms with Gasteiger partial charge in [0, 0.05) is 4.88 Å².